The second-order valence-corrected chi connectivity index (χ2v) is 3.90. The molecule has 0 aromatic heterocycles. The zero-order valence-corrected chi connectivity index (χ0v) is 10.5. The summed E-state index contributed by atoms with van der Waals surface area (Å²) in [6.07, 6.45) is 1.55. The molecular weight excluding hydrogens is 238 g/mol. The van der Waals surface area contributed by atoms with E-state index in [0.29, 0.717) is 5.69 Å². The first-order valence-corrected chi connectivity index (χ1v) is 5.84. The van der Waals surface area contributed by atoms with Crippen LogP contribution in [0, 0.1) is 0 Å². The van der Waals surface area contributed by atoms with E-state index < -0.39 is 0 Å². The molecule has 0 bridgehead atoms. The van der Waals surface area contributed by atoms with Crippen LogP contribution in [0.2, 0.25) is 0 Å². The second-order valence-electron chi connectivity index (χ2n) is 3.90. The maximum Gasteiger partial charge on any atom is 0.240 e. The van der Waals surface area contributed by atoms with Gasteiger partial charge in [-0.3, -0.25) is 5.43 Å². The molecule has 94 valence electrons. The second kappa shape index (κ2) is 6.28. The third-order valence-corrected chi connectivity index (χ3v) is 2.59. The lowest BCUT2D eigenvalue weighted by molar-refractivity contribution is 0.565. The molecule has 0 heterocycles. The van der Waals surface area contributed by atoms with Crippen LogP contribution in [0.15, 0.2) is 64.7 Å². The number of rotatable bonds is 4. The van der Waals surface area contributed by atoms with Crippen molar-refractivity contribution in [3.8, 4) is 0 Å². The summed E-state index contributed by atoms with van der Waals surface area (Å²) < 4.78 is 0. The predicted octanol–water partition coefficient (Wildman–Crippen LogP) is 3.49. The lowest BCUT2D eigenvalue weighted by Crippen LogP contribution is -1.99. The highest BCUT2D eigenvalue weighted by Gasteiger charge is 2.03. The molecule has 0 aliphatic carbocycles. The van der Waals surface area contributed by atoms with E-state index in [9.17, 15) is 4.79 Å². The van der Waals surface area contributed by atoms with Gasteiger partial charge in [0.05, 0.1) is 17.1 Å². The van der Waals surface area contributed by atoms with E-state index in [1.54, 1.807) is 12.1 Å². The van der Waals surface area contributed by atoms with Gasteiger partial charge in [-0.15, -0.1) is 0 Å². The molecule has 4 heteroatoms. The van der Waals surface area contributed by atoms with Crippen LogP contribution in [0.25, 0.3) is 0 Å². The van der Waals surface area contributed by atoms with E-state index in [2.05, 4.69) is 15.5 Å². The van der Waals surface area contributed by atoms with E-state index in [-0.39, 0.29) is 0 Å². The molecular formula is C15H13N3O. The van der Waals surface area contributed by atoms with E-state index in [0.717, 1.165) is 17.0 Å². The van der Waals surface area contributed by atoms with Gasteiger partial charge in [-0.1, -0.05) is 36.4 Å². The summed E-state index contributed by atoms with van der Waals surface area (Å²) in [7, 11) is 0. The van der Waals surface area contributed by atoms with Crippen molar-refractivity contribution in [3.63, 3.8) is 0 Å². The van der Waals surface area contributed by atoms with E-state index in [1.807, 2.05) is 55.5 Å². The van der Waals surface area contributed by atoms with Crippen LogP contribution in [-0.4, -0.2) is 11.8 Å². The van der Waals surface area contributed by atoms with Gasteiger partial charge in [-0.25, -0.2) is 4.79 Å². The van der Waals surface area contributed by atoms with Crippen molar-refractivity contribution >= 4 is 23.2 Å². The standard InChI is InChI=1S/C15H13N3O/c1-12(17-18-13-7-3-2-4-8-13)14-9-5-6-10-15(14)16-11-19/h2-10,18H,1H3. The predicted molar refractivity (Wildman–Crippen MR) is 76.5 cm³/mol. The van der Waals surface area contributed by atoms with E-state index in [1.165, 1.54) is 0 Å². The average Bonchev–Trinajstić information content (AvgIpc) is 2.47. The Bertz CT molecular complexity index is 629. The number of aliphatic imine (C=N–C) groups is 1. The number of isocyanates is 1. The van der Waals surface area contributed by atoms with Crippen LogP contribution in [0.5, 0.6) is 0 Å². The summed E-state index contributed by atoms with van der Waals surface area (Å²) in [4.78, 5) is 14.0. The monoisotopic (exact) mass is 251 g/mol. The fourth-order valence-electron chi connectivity index (χ4n) is 1.65. The number of benzene rings is 2. The Morgan fingerprint density at radius 1 is 1.05 bits per heavy atom. The molecule has 0 radical (unpaired) electrons. The number of hydrazone groups is 1. The Morgan fingerprint density at radius 3 is 2.47 bits per heavy atom. The molecule has 4 nitrogen and oxygen atoms in total. The highest BCUT2D eigenvalue weighted by atomic mass is 16.1. The summed E-state index contributed by atoms with van der Waals surface area (Å²) in [5, 5.41) is 4.28. The molecule has 0 spiro atoms. The molecule has 0 atom stereocenters. The van der Waals surface area contributed by atoms with E-state index >= 15 is 0 Å². The molecule has 2 aromatic rings. The smallest absolute Gasteiger partial charge is 0.240 e. The Morgan fingerprint density at radius 2 is 1.74 bits per heavy atom. The maximum absolute atomic E-state index is 10.4. The van der Waals surface area contributed by atoms with Gasteiger partial charge < -0.3 is 0 Å². The van der Waals surface area contributed by atoms with Crippen LogP contribution in [-0.2, 0) is 4.79 Å². The molecule has 0 unspecified atom stereocenters. The fourth-order valence-corrected chi connectivity index (χ4v) is 1.65. The number of para-hydroxylation sites is 2. The van der Waals surface area contributed by atoms with Crippen molar-refractivity contribution in [2.75, 3.05) is 5.43 Å². The molecule has 2 aromatic carbocycles. The number of hydrogen-bond acceptors (Lipinski definition) is 4. The van der Waals surface area contributed by atoms with Crippen LogP contribution < -0.4 is 5.43 Å². The van der Waals surface area contributed by atoms with E-state index in [4.69, 9.17) is 0 Å². The Hall–Kier alpha value is -2.71. The Kier molecular flexibility index (Phi) is 4.21. The normalized spacial score (nSPS) is 10.7. The van der Waals surface area contributed by atoms with Gasteiger partial charge in [0.1, 0.15) is 0 Å². The summed E-state index contributed by atoms with van der Waals surface area (Å²) in [6.45, 7) is 1.86. The first-order valence-electron chi connectivity index (χ1n) is 5.84. The largest absolute Gasteiger partial charge is 0.278 e. The topological polar surface area (TPSA) is 53.8 Å². The molecule has 1 N–H and O–H groups in total. The van der Waals surface area contributed by atoms with Crippen molar-refractivity contribution in [1.82, 2.24) is 0 Å². The van der Waals surface area contributed by atoms with Gasteiger partial charge in [0.2, 0.25) is 6.08 Å². The summed E-state index contributed by atoms with van der Waals surface area (Å²) in [6, 6.07) is 17.0. The zero-order valence-electron chi connectivity index (χ0n) is 10.5. The molecule has 0 aliphatic heterocycles. The molecule has 2 rings (SSSR count). The third kappa shape index (κ3) is 3.37. The minimum Gasteiger partial charge on any atom is -0.278 e. The van der Waals surface area contributed by atoms with Crippen LogP contribution in [0.3, 0.4) is 0 Å². The Labute approximate surface area is 111 Å². The van der Waals surface area contributed by atoms with Gasteiger partial charge in [0.15, 0.2) is 0 Å². The number of hydrogen-bond donors (Lipinski definition) is 1. The van der Waals surface area contributed by atoms with Gasteiger partial charge in [-0.2, -0.15) is 10.1 Å². The average molecular weight is 251 g/mol. The minimum absolute atomic E-state index is 0.564. The molecule has 0 saturated carbocycles. The lowest BCUT2D eigenvalue weighted by Gasteiger charge is -2.05. The van der Waals surface area contributed by atoms with Crippen molar-refractivity contribution in [2.45, 2.75) is 6.92 Å². The maximum atomic E-state index is 10.4. The highest BCUT2D eigenvalue weighted by molar-refractivity contribution is 6.03. The number of nitrogens with one attached hydrogen (secondary N) is 1. The van der Waals surface area contributed by atoms with Gasteiger partial charge in [0.25, 0.3) is 0 Å². The summed E-state index contributed by atoms with van der Waals surface area (Å²) in [5.74, 6) is 0. The van der Waals surface area contributed by atoms with Gasteiger partial charge >= 0.3 is 0 Å². The summed E-state index contributed by atoms with van der Waals surface area (Å²) >= 11 is 0. The molecule has 0 fully saturated rings. The number of carbonyl (C=O) groups excluding carboxylic acids is 1. The molecule has 19 heavy (non-hydrogen) atoms. The fraction of sp³-hybridized carbons (Fsp3) is 0.0667. The first kappa shape index (κ1) is 12.7. The first-order chi connectivity index (χ1) is 9.31. The number of anilines is 1. The third-order valence-electron chi connectivity index (χ3n) is 2.59. The number of nitrogens with zero attached hydrogens (tertiary/aromatic N) is 2. The van der Waals surface area contributed by atoms with Gasteiger partial charge in [0, 0.05) is 5.56 Å². The molecule has 0 saturated heterocycles. The van der Waals surface area contributed by atoms with Crippen molar-refractivity contribution in [1.29, 1.82) is 0 Å². The van der Waals surface area contributed by atoms with Crippen LogP contribution in [0.1, 0.15) is 12.5 Å². The summed E-state index contributed by atoms with van der Waals surface area (Å²) in [5.41, 5.74) is 5.97. The van der Waals surface area contributed by atoms with Crippen molar-refractivity contribution < 1.29 is 4.79 Å². The quantitative estimate of drug-likeness (QED) is 0.513. The van der Waals surface area contributed by atoms with Crippen molar-refractivity contribution in [3.05, 3.63) is 60.2 Å². The molecule has 0 aliphatic rings. The van der Waals surface area contributed by atoms with Crippen LogP contribution in [0.4, 0.5) is 11.4 Å². The lowest BCUT2D eigenvalue weighted by atomic mass is 10.1. The van der Waals surface area contributed by atoms with Crippen molar-refractivity contribution in [2.24, 2.45) is 10.1 Å². The minimum atomic E-state index is 0.564. The Balaban J connectivity index is 2.24. The zero-order chi connectivity index (χ0) is 13.5. The highest BCUT2D eigenvalue weighted by Crippen LogP contribution is 2.19. The molecule has 0 amide bonds. The van der Waals surface area contributed by atoms with Gasteiger partial charge in [-0.05, 0) is 25.1 Å². The van der Waals surface area contributed by atoms with Crippen LogP contribution >= 0.6 is 0 Å². The SMILES string of the molecule is CC(=NNc1ccccc1)c1ccccc1N=C=O.